The summed E-state index contributed by atoms with van der Waals surface area (Å²) in [4.78, 5) is 4.12. The molecule has 2 aromatic carbocycles. The first-order valence-electron chi connectivity index (χ1n) is 6.08. The number of isothiocyanates is 1. The molecule has 20 heavy (non-hydrogen) atoms. The van der Waals surface area contributed by atoms with Crippen molar-refractivity contribution in [1.82, 2.24) is 0 Å². The number of hydrogen-bond acceptors (Lipinski definition) is 3. The van der Waals surface area contributed by atoms with Crippen LogP contribution in [0.25, 0.3) is 10.8 Å². The average Bonchev–Trinajstić information content (AvgIpc) is 3.23. The minimum absolute atomic E-state index is 0.0556. The summed E-state index contributed by atoms with van der Waals surface area (Å²) in [6, 6.07) is 12.6. The van der Waals surface area contributed by atoms with Gasteiger partial charge in [0.15, 0.2) is 3.78 Å². The van der Waals surface area contributed by atoms with Crippen LogP contribution in [0.1, 0.15) is 24.3 Å². The van der Waals surface area contributed by atoms with Crippen LogP contribution in [0.15, 0.2) is 41.4 Å². The van der Waals surface area contributed by atoms with Gasteiger partial charge in [-0.2, -0.15) is 4.99 Å². The molecule has 0 aliphatic heterocycles. The van der Waals surface area contributed by atoms with Crippen LogP contribution < -0.4 is 0 Å². The fourth-order valence-electron chi connectivity index (χ4n) is 2.20. The summed E-state index contributed by atoms with van der Waals surface area (Å²) in [5.41, 5.74) is 2.38. The SMILES string of the molecule is S=C(Cl)Cl.S=C=Nc1ccc(C2CC2)c2ccccc12. The molecule has 1 fully saturated rings. The quantitative estimate of drug-likeness (QED) is 0.366. The van der Waals surface area contributed by atoms with E-state index in [1.807, 2.05) is 6.07 Å². The second-order valence-electron chi connectivity index (χ2n) is 4.42. The number of aliphatic imine (C=N–C) groups is 1. The van der Waals surface area contributed by atoms with E-state index in [4.69, 9.17) is 23.2 Å². The van der Waals surface area contributed by atoms with Crippen LogP contribution in [0.3, 0.4) is 0 Å². The van der Waals surface area contributed by atoms with Crippen molar-refractivity contribution in [2.75, 3.05) is 0 Å². The lowest BCUT2D eigenvalue weighted by Gasteiger charge is -2.06. The summed E-state index contributed by atoms with van der Waals surface area (Å²) < 4.78 is -0.0556. The molecule has 0 heterocycles. The lowest BCUT2D eigenvalue weighted by atomic mass is 10.00. The van der Waals surface area contributed by atoms with Crippen LogP contribution in [0.2, 0.25) is 0 Å². The Bertz CT molecular complexity index is 685. The zero-order valence-corrected chi connectivity index (χ0v) is 13.6. The van der Waals surface area contributed by atoms with E-state index in [0.717, 1.165) is 11.6 Å². The highest BCUT2D eigenvalue weighted by Crippen LogP contribution is 2.44. The van der Waals surface area contributed by atoms with E-state index in [9.17, 15) is 0 Å². The van der Waals surface area contributed by atoms with E-state index < -0.39 is 0 Å². The highest BCUT2D eigenvalue weighted by Gasteiger charge is 2.25. The van der Waals surface area contributed by atoms with Crippen LogP contribution in [-0.4, -0.2) is 8.94 Å². The summed E-state index contributed by atoms with van der Waals surface area (Å²) in [6.45, 7) is 0. The van der Waals surface area contributed by atoms with Gasteiger partial charge in [-0.15, -0.1) is 0 Å². The third-order valence-electron chi connectivity index (χ3n) is 3.12. The van der Waals surface area contributed by atoms with E-state index in [1.165, 1.54) is 29.2 Å². The standard InChI is InChI=1S/C14H11NS.CCl2S/c16-9-15-14-8-7-11(10-5-6-10)12-3-1-2-4-13(12)14;2-1(3)4/h1-4,7-8,10H,5-6H2;. The number of nitrogens with zero attached hydrogens (tertiary/aromatic N) is 1. The number of thiocarbonyl (C=S) groups is 2. The first kappa shape index (κ1) is 15.6. The van der Waals surface area contributed by atoms with Gasteiger partial charge < -0.3 is 0 Å². The van der Waals surface area contributed by atoms with Crippen LogP contribution in [0.5, 0.6) is 0 Å². The highest BCUT2D eigenvalue weighted by molar-refractivity contribution is 7.86. The Morgan fingerprint density at radius 3 is 2.25 bits per heavy atom. The number of hydrogen-bond donors (Lipinski definition) is 0. The Morgan fingerprint density at radius 2 is 1.70 bits per heavy atom. The first-order chi connectivity index (χ1) is 9.63. The van der Waals surface area contributed by atoms with Gasteiger partial charge in [-0.1, -0.05) is 65.8 Å². The van der Waals surface area contributed by atoms with Gasteiger partial charge in [0.05, 0.1) is 10.8 Å². The number of halogens is 2. The first-order valence-corrected chi connectivity index (χ1v) is 7.65. The maximum atomic E-state index is 4.77. The van der Waals surface area contributed by atoms with Gasteiger partial charge in [0.2, 0.25) is 0 Å². The molecular weight excluding hydrogens is 329 g/mol. The summed E-state index contributed by atoms with van der Waals surface area (Å²) in [5, 5.41) is 4.95. The van der Waals surface area contributed by atoms with E-state index in [0.29, 0.717) is 0 Å². The van der Waals surface area contributed by atoms with E-state index in [1.54, 1.807) is 0 Å². The highest BCUT2D eigenvalue weighted by atomic mass is 35.5. The Balaban J connectivity index is 0.000000328. The van der Waals surface area contributed by atoms with Gasteiger partial charge in [-0.3, -0.25) is 0 Å². The van der Waals surface area contributed by atoms with E-state index in [-0.39, 0.29) is 3.78 Å². The molecule has 0 amide bonds. The van der Waals surface area contributed by atoms with Crippen LogP contribution in [-0.2, 0) is 0 Å². The van der Waals surface area contributed by atoms with Crippen molar-refractivity contribution in [3.8, 4) is 0 Å². The molecule has 0 radical (unpaired) electrons. The number of fused-ring (bicyclic) bond motifs is 1. The molecule has 1 saturated carbocycles. The molecule has 2 aromatic rings. The van der Waals surface area contributed by atoms with E-state index >= 15 is 0 Å². The van der Waals surface area contributed by atoms with Gasteiger partial charge >= 0.3 is 0 Å². The minimum Gasteiger partial charge on any atom is -0.194 e. The average molecular weight is 340 g/mol. The fourth-order valence-corrected chi connectivity index (χ4v) is 2.30. The number of rotatable bonds is 2. The van der Waals surface area contributed by atoms with Crippen molar-refractivity contribution in [3.05, 3.63) is 42.0 Å². The van der Waals surface area contributed by atoms with Crippen molar-refractivity contribution in [2.24, 2.45) is 4.99 Å². The molecular formula is C15H11Cl2NS2. The summed E-state index contributed by atoms with van der Waals surface area (Å²) in [5.74, 6) is 0.760. The van der Waals surface area contributed by atoms with Crippen molar-refractivity contribution in [2.45, 2.75) is 18.8 Å². The Kier molecular flexibility index (Phi) is 5.64. The Morgan fingerprint density at radius 1 is 1.10 bits per heavy atom. The molecule has 0 aromatic heterocycles. The van der Waals surface area contributed by atoms with Crippen LogP contribution in [0.4, 0.5) is 5.69 Å². The Hall–Kier alpha value is -0.830. The largest absolute Gasteiger partial charge is 0.194 e. The molecule has 0 unspecified atom stereocenters. The van der Waals surface area contributed by atoms with Crippen molar-refractivity contribution in [3.63, 3.8) is 0 Å². The monoisotopic (exact) mass is 339 g/mol. The molecule has 0 bridgehead atoms. The van der Waals surface area contributed by atoms with E-state index in [2.05, 4.69) is 64.9 Å². The fraction of sp³-hybridized carbons (Fsp3) is 0.200. The molecule has 1 nitrogen and oxygen atoms in total. The maximum absolute atomic E-state index is 4.77. The molecule has 1 aliphatic rings. The lowest BCUT2D eigenvalue weighted by Crippen LogP contribution is -1.83. The summed E-state index contributed by atoms with van der Waals surface area (Å²) in [6.07, 6.45) is 2.64. The van der Waals surface area contributed by atoms with Gasteiger partial charge in [0.25, 0.3) is 0 Å². The number of benzene rings is 2. The minimum atomic E-state index is -0.0556. The predicted octanol–water partition coefficient (Wildman–Crippen LogP) is 6.20. The zero-order chi connectivity index (χ0) is 14.5. The molecule has 1 aliphatic carbocycles. The topological polar surface area (TPSA) is 12.4 Å². The smallest absolute Gasteiger partial charge is 0.169 e. The molecule has 3 rings (SSSR count). The third-order valence-corrected chi connectivity index (χ3v) is 3.21. The molecule has 0 N–H and O–H groups in total. The van der Waals surface area contributed by atoms with Crippen molar-refractivity contribution >= 4 is 73.0 Å². The molecule has 0 saturated heterocycles. The van der Waals surface area contributed by atoms with Crippen LogP contribution >= 0.6 is 47.6 Å². The molecule has 5 heteroatoms. The van der Waals surface area contributed by atoms with Gasteiger partial charge in [0, 0.05) is 5.39 Å². The molecule has 102 valence electrons. The van der Waals surface area contributed by atoms with Crippen molar-refractivity contribution in [1.29, 1.82) is 0 Å². The molecule has 0 atom stereocenters. The second kappa shape index (κ2) is 7.26. The molecule has 0 spiro atoms. The van der Waals surface area contributed by atoms with Crippen LogP contribution in [0, 0.1) is 0 Å². The van der Waals surface area contributed by atoms with Gasteiger partial charge in [-0.25, -0.2) is 0 Å². The maximum Gasteiger partial charge on any atom is 0.169 e. The predicted molar refractivity (Wildman–Crippen MR) is 94.9 cm³/mol. The van der Waals surface area contributed by atoms with Crippen molar-refractivity contribution < 1.29 is 0 Å². The summed E-state index contributed by atoms with van der Waals surface area (Å²) >= 11 is 18.3. The van der Waals surface area contributed by atoms with Gasteiger partial charge in [0.1, 0.15) is 0 Å². The third kappa shape index (κ3) is 4.08. The Labute approximate surface area is 138 Å². The lowest BCUT2D eigenvalue weighted by molar-refractivity contribution is 1.15. The normalized spacial score (nSPS) is 13.1. The summed E-state index contributed by atoms with van der Waals surface area (Å²) in [7, 11) is 0. The zero-order valence-electron chi connectivity index (χ0n) is 10.5. The van der Waals surface area contributed by atoms with Gasteiger partial charge in [-0.05, 0) is 48.0 Å². The second-order valence-corrected chi connectivity index (χ2v) is 6.41.